The average Bonchev–Trinajstić information content (AvgIpc) is 2.67. The molecule has 6 heteroatoms. The lowest BCUT2D eigenvalue weighted by molar-refractivity contribution is -0.153. The van der Waals surface area contributed by atoms with Crippen LogP contribution in [0.5, 0.6) is 11.5 Å². The molecular formula is C23H34O6. The summed E-state index contributed by atoms with van der Waals surface area (Å²) in [6.07, 6.45) is 6.95. The maximum atomic E-state index is 11.6. The molecule has 2 unspecified atom stereocenters. The summed E-state index contributed by atoms with van der Waals surface area (Å²) in [6, 6.07) is 3.57. The second kappa shape index (κ2) is 11.7. The molecule has 0 aromatic heterocycles. The van der Waals surface area contributed by atoms with Gasteiger partial charge in [-0.25, -0.2) is 0 Å². The number of rotatable bonds is 11. The fourth-order valence-corrected chi connectivity index (χ4v) is 3.90. The predicted octanol–water partition coefficient (Wildman–Crippen LogP) is 4.48. The predicted molar refractivity (Wildman–Crippen MR) is 110 cm³/mol. The molecule has 1 aliphatic rings. The van der Waals surface area contributed by atoms with E-state index in [0.717, 1.165) is 49.7 Å². The van der Waals surface area contributed by atoms with Crippen LogP contribution in [0.4, 0.5) is 0 Å². The first kappa shape index (κ1) is 23.0. The van der Waals surface area contributed by atoms with E-state index in [9.17, 15) is 14.7 Å². The minimum absolute atomic E-state index is 0.172. The Labute approximate surface area is 173 Å². The van der Waals surface area contributed by atoms with Crippen molar-refractivity contribution in [3.63, 3.8) is 0 Å². The molecule has 29 heavy (non-hydrogen) atoms. The van der Waals surface area contributed by atoms with Gasteiger partial charge in [0, 0.05) is 25.8 Å². The van der Waals surface area contributed by atoms with Crippen LogP contribution in [0.1, 0.15) is 76.8 Å². The van der Waals surface area contributed by atoms with Crippen molar-refractivity contribution in [2.45, 2.75) is 90.8 Å². The van der Waals surface area contributed by atoms with Crippen LogP contribution in [0.25, 0.3) is 0 Å². The van der Waals surface area contributed by atoms with Crippen molar-refractivity contribution in [3.8, 4) is 11.5 Å². The Hall–Kier alpha value is -2.24. The summed E-state index contributed by atoms with van der Waals surface area (Å²) in [7, 11) is 0. The number of hydrogen-bond donors (Lipinski definition) is 1. The minimum Gasteiger partial charge on any atom is -0.504 e. The van der Waals surface area contributed by atoms with Gasteiger partial charge in [-0.1, -0.05) is 25.8 Å². The van der Waals surface area contributed by atoms with Crippen molar-refractivity contribution in [2.24, 2.45) is 0 Å². The number of ether oxygens (including phenoxy) is 3. The van der Waals surface area contributed by atoms with Gasteiger partial charge in [0.2, 0.25) is 0 Å². The number of aryl methyl sites for hydroxylation is 1. The molecule has 1 heterocycles. The van der Waals surface area contributed by atoms with E-state index < -0.39 is 0 Å². The monoisotopic (exact) mass is 406 g/mol. The zero-order valence-electron chi connectivity index (χ0n) is 17.9. The third-order valence-corrected chi connectivity index (χ3v) is 5.21. The third kappa shape index (κ3) is 7.59. The largest absolute Gasteiger partial charge is 0.504 e. The number of phenols is 1. The standard InChI is InChI=1S/C23H34O6/c1-4-5-6-8-19(28-16(2)24)15-20(29-17(3)25)12-10-18-11-13-22(26)23-21(18)9-7-14-27-23/h11,13,19-20,26H,4-10,12,14-15H2,1-3H3. The lowest BCUT2D eigenvalue weighted by atomic mass is 9.93. The quantitative estimate of drug-likeness (QED) is 0.431. The Morgan fingerprint density at radius 3 is 2.45 bits per heavy atom. The van der Waals surface area contributed by atoms with E-state index in [1.807, 2.05) is 6.07 Å². The Kier molecular flexibility index (Phi) is 9.29. The Bertz CT molecular complexity index is 684. The van der Waals surface area contributed by atoms with Gasteiger partial charge in [-0.3, -0.25) is 9.59 Å². The van der Waals surface area contributed by atoms with Gasteiger partial charge in [-0.2, -0.15) is 0 Å². The van der Waals surface area contributed by atoms with Gasteiger partial charge >= 0.3 is 11.9 Å². The van der Waals surface area contributed by atoms with Crippen molar-refractivity contribution in [2.75, 3.05) is 6.61 Å². The first-order chi connectivity index (χ1) is 13.9. The summed E-state index contributed by atoms with van der Waals surface area (Å²) in [5.41, 5.74) is 2.14. The zero-order valence-corrected chi connectivity index (χ0v) is 17.9. The molecule has 0 saturated heterocycles. The highest BCUT2D eigenvalue weighted by Crippen LogP contribution is 2.37. The summed E-state index contributed by atoms with van der Waals surface area (Å²) < 4.78 is 16.7. The lowest BCUT2D eigenvalue weighted by Crippen LogP contribution is -2.27. The molecular weight excluding hydrogens is 372 g/mol. The average molecular weight is 407 g/mol. The molecule has 0 fully saturated rings. The topological polar surface area (TPSA) is 82.1 Å². The van der Waals surface area contributed by atoms with Crippen molar-refractivity contribution in [3.05, 3.63) is 23.3 Å². The van der Waals surface area contributed by atoms with Crippen molar-refractivity contribution >= 4 is 11.9 Å². The maximum absolute atomic E-state index is 11.6. The van der Waals surface area contributed by atoms with Gasteiger partial charge in [0.25, 0.3) is 0 Å². The van der Waals surface area contributed by atoms with Crippen molar-refractivity contribution in [1.29, 1.82) is 0 Å². The SMILES string of the molecule is CCCCCC(CC(CCc1ccc(O)c2c1CCCO2)OC(C)=O)OC(C)=O. The van der Waals surface area contributed by atoms with Crippen LogP contribution >= 0.6 is 0 Å². The van der Waals surface area contributed by atoms with Gasteiger partial charge in [0.15, 0.2) is 11.5 Å². The second-order valence-corrected chi connectivity index (χ2v) is 7.74. The van der Waals surface area contributed by atoms with E-state index in [0.29, 0.717) is 31.6 Å². The van der Waals surface area contributed by atoms with Crippen molar-refractivity contribution < 1.29 is 28.9 Å². The highest BCUT2D eigenvalue weighted by molar-refractivity contribution is 5.66. The molecule has 0 amide bonds. The van der Waals surface area contributed by atoms with Crippen LogP contribution in [0.3, 0.4) is 0 Å². The Morgan fingerprint density at radius 2 is 1.79 bits per heavy atom. The maximum Gasteiger partial charge on any atom is 0.302 e. The molecule has 2 rings (SSSR count). The van der Waals surface area contributed by atoms with Crippen LogP contribution < -0.4 is 4.74 Å². The fraction of sp³-hybridized carbons (Fsp3) is 0.652. The summed E-state index contributed by atoms with van der Waals surface area (Å²) in [4.78, 5) is 23.1. The van der Waals surface area contributed by atoms with Gasteiger partial charge in [-0.05, 0) is 50.2 Å². The van der Waals surface area contributed by atoms with E-state index in [4.69, 9.17) is 14.2 Å². The van der Waals surface area contributed by atoms with Crippen LogP contribution in [0.15, 0.2) is 12.1 Å². The molecule has 1 aromatic rings. The molecule has 0 radical (unpaired) electrons. The molecule has 0 aliphatic carbocycles. The molecule has 0 spiro atoms. The first-order valence-corrected chi connectivity index (χ1v) is 10.7. The lowest BCUT2D eigenvalue weighted by Gasteiger charge is -2.25. The number of aromatic hydroxyl groups is 1. The first-order valence-electron chi connectivity index (χ1n) is 10.7. The highest BCUT2D eigenvalue weighted by Gasteiger charge is 2.23. The van der Waals surface area contributed by atoms with Crippen LogP contribution in [-0.2, 0) is 31.9 Å². The normalized spacial score (nSPS) is 15.0. The smallest absolute Gasteiger partial charge is 0.302 e. The summed E-state index contributed by atoms with van der Waals surface area (Å²) >= 11 is 0. The number of fused-ring (bicyclic) bond motifs is 1. The molecule has 162 valence electrons. The third-order valence-electron chi connectivity index (χ3n) is 5.21. The summed E-state index contributed by atoms with van der Waals surface area (Å²) in [5, 5.41) is 10.0. The van der Waals surface area contributed by atoms with Crippen molar-refractivity contribution in [1.82, 2.24) is 0 Å². The van der Waals surface area contributed by atoms with Gasteiger partial charge in [-0.15, -0.1) is 0 Å². The van der Waals surface area contributed by atoms with Gasteiger partial charge in [0.05, 0.1) is 6.61 Å². The summed E-state index contributed by atoms with van der Waals surface area (Å²) in [5.74, 6) is 0.111. The molecule has 1 aromatic carbocycles. The number of carbonyl (C=O) groups is 2. The Morgan fingerprint density at radius 1 is 1.10 bits per heavy atom. The number of benzene rings is 1. The van der Waals surface area contributed by atoms with Crippen LogP contribution in [-0.4, -0.2) is 35.9 Å². The van der Waals surface area contributed by atoms with Crippen LogP contribution in [0.2, 0.25) is 0 Å². The van der Waals surface area contributed by atoms with Gasteiger partial charge < -0.3 is 19.3 Å². The highest BCUT2D eigenvalue weighted by atomic mass is 16.6. The minimum atomic E-state index is -0.332. The molecule has 2 atom stereocenters. The van der Waals surface area contributed by atoms with E-state index >= 15 is 0 Å². The molecule has 6 nitrogen and oxygen atoms in total. The molecule has 0 saturated carbocycles. The molecule has 1 aliphatic heterocycles. The number of carbonyl (C=O) groups excluding carboxylic acids is 2. The number of hydrogen-bond acceptors (Lipinski definition) is 6. The second-order valence-electron chi connectivity index (χ2n) is 7.74. The van der Waals surface area contributed by atoms with E-state index in [1.165, 1.54) is 13.8 Å². The Balaban J connectivity index is 2.06. The zero-order chi connectivity index (χ0) is 21.2. The van der Waals surface area contributed by atoms with Gasteiger partial charge in [0.1, 0.15) is 12.2 Å². The van der Waals surface area contributed by atoms with E-state index in [-0.39, 0.29) is 29.9 Å². The van der Waals surface area contributed by atoms with E-state index in [2.05, 4.69) is 6.92 Å². The molecule has 1 N–H and O–H groups in total. The fourth-order valence-electron chi connectivity index (χ4n) is 3.90. The van der Waals surface area contributed by atoms with E-state index in [1.54, 1.807) is 6.07 Å². The number of esters is 2. The molecule has 0 bridgehead atoms. The number of phenolic OH excluding ortho intramolecular Hbond substituents is 1. The number of unbranched alkanes of at least 4 members (excludes halogenated alkanes) is 2. The van der Waals surface area contributed by atoms with Crippen LogP contribution in [0, 0.1) is 0 Å². The summed E-state index contributed by atoms with van der Waals surface area (Å²) in [6.45, 7) is 5.56.